The molecule has 88 valence electrons. The Morgan fingerprint density at radius 3 is 2.38 bits per heavy atom. The van der Waals surface area contributed by atoms with Crippen molar-refractivity contribution in [1.29, 1.82) is 0 Å². The van der Waals surface area contributed by atoms with E-state index in [-0.39, 0.29) is 5.91 Å². The number of anilines is 2. The van der Waals surface area contributed by atoms with Crippen LogP contribution in [0.3, 0.4) is 0 Å². The number of amides is 1. The Kier molecular flexibility index (Phi) is 3.63. The van der Waals surface area contributed by atoms with Gasteiger partial charge in [-0.05, 0) is 40.5 Å². The molecule has 3 nitrogen and oxygen atoms in total. The van der Waals surface area contributed by atoms with E-state index in [1.54, 1.807) is 6.07 Å². The van der Waals surface area contributed by atoms with E-state index in [0.717, 1.165) is 15.7 Å². The number of halogens is 1. The Morgan fingerprint density at radius 1 is 1.38 bits per heavy atom. The fourth-order valence-electron chi connectivity index (χ4n) is 1.23. The lowest BCUT2D eigenvalue weighted by molar-refractivity contribution is -0.123. The molecule has 0 spiro atoms. The first-order valence-electron chi connectivity index (χ1n) is 5.09. The van der Waals surface area contributed by atoms with Crippen LogP contribution in [0.5, 0.6) is 0 Å². The molecule has 0 saturated heterocycles. The highest BCUT2D eigenvalue weighted by Crippen LogP contribution is 2.30. The van der Waals surface area contributed by atoms with Gasteiger partial charge in [-0.2, -0.15) is 0 Å². The van der Waals surface area contributed by atoms with Gasteiger partial charge in [0.25, 0.3) is 0 Å². The zero-order valence-electron chi connectivity index (χ0n) is 10.0. The second kappa shape index (κ2) is 4.45. The first-order chi connectivity index (χ1) is 7.21. The number of aryl methyl sites for hydroxylation is 1. The average Bonchev–Trinajstić information content (AvgIpc) is 2.08. The Morgan fingerprint density at radius 2 is 1.94 bits per heavy atom. The van der Waals surface area contributed by atoms with E-state index >= 15 is 0 Å². The van der Waals surface area contributed by atoms with Crippen LogP contribution in [0.1, 0.15) is 26.3 Å². The lowest BCUT2D eigenvalue weighted by atomic mass is 9.95. The number of nitrogens with two attached hydrogens (primary N) is 1. The second-order valence-corrected chi connectivity index (χ2v) is 5.75. The van der Waals surface area contributed by atoms with Gasteiger partial charge >= 0.3 is 0 Å². The van der Waals surface area contributed by atoms with Crippen molar-refractivity contribution in [1.82, 2.24) is 0 Å². The molecule has 1 aromatic rings. The summed E-state index contributed by atoms with van der Waals surface area (Å²) in [6, 6.07) is 3.62. The van der Waals surface area contributed by atoms with Crippen molar-refractivity contribution in [2.75, 3.05) is 11.1 Å². The molecule has 16 heavy (non-hydrogen) atoms. The first kappa shape index (κ1) is 13.0. The van der Waals surface area contributed by atoms with Gasteiger partial charge in [-0.3, -0.25) is 4.79 Å². The van der Waals surface area contributed by atoms with E-state index in [9.17, 15) is 4.79 Å². The second-order valence-electron chi connectivity index (χ2n) is 4.90. The summed E-state index contributed by atoms with van der Waals surface area (Å²) in [5.41, 5.74) is 7.71. The van der Waals surface area contributed by atoms with Gasteiger partial charge in [0.1, 0.15) is 0 Å². The topological polar surface area (TPSA) is 55.1 Å². The molecule has 0 radical (unpaired) electrons. The number of hydrogen-bond donors (Lipinski definition) is 2. The van der Waals surface area contributed by atoms with Gasteiger partial charge in [-0.25, -0.2) is 0 Å². The van der Waals surface area contributed by atoms with Gasteiger partial charge < -0.3 is 11.1 Å². The standard InChI is InChI=1S/C12H17BrN2O/c1-7-5-8(14)6-9(13)10(7)15-11(16)12(2,3)4/h5-6H,14H2,1-4H3,(H,15,16). The molecule has 0 saturated carbocycles. The van der Waals surface area contributed by atoms with E-state index < -0.39 is 5.41 Å². The zero-order chi connectivity index (χ0) is 12.5. The van der Waals surface area contributed by atoms with E-state index in [1.807, 2.05) is 33.8 Å². The molecule has 0 fully saturated rings. The lowest BCUT2D eigenvalue weighted by Gasteiger charge is -2.19. The summed E-state index contributed by atoms with van der Waals surface area (Å²) in [5.74, 6) is -0.0129. The number of carbonyl (C=O) groups excluding carboxylic acids is 1. The summed E-state index contributed by atoms with van der Waals surface area (Å²) in [7, 11) is 0. The molecule has 4 heteroatoms. The Bertz CT molecular complexity index is 399. The largest absolute Gasteiger partial charge is 0.399 e. The maximum atomic E-state index is 11.9. The van der Waals surface area contributed by atoms with Crippen molar-refractivity contribution in [3.63, 3.8) is 0 Å². The minimum absolute atomic E-state index is 0.0129. The molecule has 3 N–H and O–H groups in total. The van der Waals surface area contributed by atoms with E-state index in [1.165, 1.54) is 0 Å². The molecule has 0 heterocycles. The minimum Gasteiger partial charge on any atom is -0.399 e. The molecule has 0 aliphatic carbocycles. The number of nitrogen functional groups attached to an aromatic ring is 1. The highest BCUT2D eigenvalue weighted by Gasteiger charge is 2.22. The van der Waals surface area contributed by atoms with Crippen molar-refractivity contribution >= 4 is 33.2 Å². The summed E-state index contributed by atoms with van der Waals surface area (Å²) < 4.78 is 0.808. The van der Waals surface area contributed by atoms with Crippen LogP contribution in [0.25, 0.3) is 0 Å². The predicted molar refractivity (Wildman–Crippen MR) is 71.4 cm³/mol. The number of rotatable bonds is 1. The maximum absolute atomic E-state index is 11.9. The molecule has 1 aromatic carbocycles. The van der Waals surface area contributed by atoms with Crippen molar-refractivity contribution in [3.05, 3.63) is 22.2 Å². The number of carbonyl (C=O) groups is 1. The van der Waals surface area contributed by atoms with Crippen LogP contribution in [0.2, 0.25) is 0 Å². The third-order valence-corrected chi connectivity index (χ3v) is 2.85. The molecule has 0 aliphatic heterocycles. The van der Waals surface area contributed by atoms with E-state index in [0.29, 0.717) is 5.69 Å². The predicted octanol–water partition coefficient (Wildman–Crippen LogP) is 3.32. The van der Waals surface area contributed by atoms with Crippen LogP contribution in [0.15, 0.2) is 16.6 Å². The molecule has 1 amide bonds. The summed E-state index contributed by atoms with van der Waals surface area (Å²) in [6.45, 7) is 7.55. The van der Waals surface area contributed by atoms with E-state index in [4.69, 9.17) is 5.73 Å². The molecular formula is C12H17BrN2O. The minimum atomic E-state index is -0.409. The quantitative estimate of drug-likeness (QED) is 0.778. The number of benzene rings is 1. The Balaban J connectivity index is 3.03. The summed E-state index contributed by atoms with van der Waals surface area (Å²) in [6.07, 6.45) is 0. The summed E-state index contributed by atoms with van der Waals surface area (Å²) in [5, 5.41) is 2.90. The van der Waals surface area contributed by atoms with Crippen LogP contribution in [0, 0.1) is 12.3 Å². The summed E-state index contributed by atoms with van der Waals surface area (Å²) >= 11 is 3.40. The van der Waals surface area contributed by atoms with Gasteiger partial charge in [0, 0.05) is 15.6 Å². The Labute approximate surface area is 105 Å². The highest BCUT2D eigenvalue weighted by molar-refractivity contribution is 9.10. The van der Waals surface area contributed by atoms with Crippen molar-refractivity contribution < 1.29 is 4.79 Å². The van der Waals surface area contributed by atoms with E-state index in [2.05, 4.69) is 21.2 Å². The molecule has 0 bridgehead atoms. The zero-order valence-corrected chi connectivity index (χ0v) is 11.6. The SMILES string of the molecule is Cc1cc(N)cc(Br)c1NC(=O)C(C)(C)C. The summed E-state index contributed by atoms with van der Waals surface area (Å²) in [4.78, 5) is 11.9. The van der Waals surface area contributed by atoms with Crippen molar-refractivity contribution in [3.8, 4) is 0 Å². The van der Waals surface area contributed by atoms with Crippen LogP contribution in [-0.2, 0) is 4.79 Å². The monoisotopic (exact) mass is 284 g/mol. The third-order valence-electron chi connectivity index (χ3n) is 2.23. The first-order valence-corrected chi connectivity index (χ1v) is 5.88. The molecular weight excluding hydrogens is 268 g/mol. The molecule has 1 rings (SSSR count). The van der Waals surface area contributed by atoms with Crippen molar-refractivity contribution in [2.24, 2.45) is 5.41 Å². The molecule has 0 aromatic heterocycles. The fraction of sp³-hybridized carbons (Fsp3) is 0.417. The van der Waals surface area contributed by atoms with Gasteiger partial charge in [-0.1, -0.05) is 20.8 Å². The van der Waals surface area contributed by atoms with Crippen LogP contribution < -0.4 is 11.1 Å². The average molecular weight is 285 g/mol. The molecule has 0 unspecified atom stereocenters. The lowest BCUT2D eigenvalue weighted by Crippen LogP contribution is -2.28. The molecule has 0 aliphatic rings. The van der Waals surface area contributed by atoms with Crippen LogP contribution in [0.4, 0.5) is 11.4 Å². The smallest absolute Gasteiger partial charge is 0.229 e. The van der Waals surface area contributed by atoms with Crippen molar-refractivity contribution in [2.45, 2.75) is 27.7 Å². The molecule has 0 atom stereocenters. The maximum Gasteiger partial charge on any atom is 0.229 e. The van der Waals surface area contributed by atoms with Gasteiger partial charge in [-0.15, -0.1) is 0 Å². The third kappa shape index (κ3) is 2.98. The normalized spacial score (nSPS) is 11.3. The Hall–Kier alpha value is -1.03. The number of hydrogen-bond acceptors (Lipinski definition) is 2. The highest BCUT2D eigenvalue weighted by atomic mass is 79.9. The van der Waals surface area contributed by atoms with Gasteiger partial charge in [0.2, 0.25) is 5.91 Å². The van der Waals surface area contributed by atoms with Gasteiger partial charge in [0.15, 0.2) is 0 Å². The number of nitrogens with one attached hydrogen (secondary N) is 1. The van der Waals surface area contributed by atoms with Crippen LogP contribution >= 0.6 is 15.9 Å². The fourth-order valence-corrected chi connectivity index (χ4v) is 1.91. The van der Waals surface area contributed by atoms with Gasteiger partial charge in [0.05, 0.1) is 5.69 Å². The van der Waals surface area contributed by atoms with Crippen LogP contribution in [-0.4, -0.2) is 5.91 Å².